The Labute approximate surface area is 229 Å². The van der Waals surface area contributed by atoms with E-state index in [9.17, 15) is 14.9 Å². The smallest absolute Gasteiger partial charge is 0.311 e. The number of aryl methyl sites for hydroxylation is 1. The lowest BCUT2D eigenvalue weighted by atomic mass is 10.1. The number of nitrogens with zero attached hydrogens (tertiary/aromatic N) is 4. The van der Waals surface area contributed by atoms with E-state index < -0.39 is 4.92 Å². The Hall–Kier alpha value is -4.15. The Morgan fingerprint density at radius 2 is 1.95 bits per heavy atom. The molecule has 0 atom stereocenters. The molecule has 0 unspecified atom stereocenters. The maximum Gasteiger partial charge on any atom is 0.311 e. The molecule has 0 saturated carbocycles. The molecule has 1 amide bonds. The van der Waals surface area contributed by atoms with E-state index in [4.69, 9.17) is 28.9 Å². The molecule has 3 aromatic heterocycles. The van der Waals surface area contributed by atoms with Crippen LogP contribution in [0, 0.1) is 10.1 Å². The summed E-state index contributed by atoms with van der Waals surface area (Å²) in [5.74, 6) is 0.0559. The fourth-order valence-corrected chi connectivity index (χ4v) is 4.48. The molecule has 38 heavy (non-hydrogen) atoms. The van der Waals surface area contributed by atoms with E-state index in [1.807, 2.05) is 29.0 Å². The second kappa shape index (κ2) is 12.4. The van der Waals surface area contributed by atoms with Crippen LogP contribution < -0.4 is 16.4 Å². The van der Waals surface area contributed by atoms with Crippen molar-refractivity contribution in [2.75, 3.05) is 24.1 Å². The molecule has 4 rings (SSSR count). The number of anilines is 2. The van der Waals surface area contributed by atoms with E-state index >= 15 is 0 Å². The summed E-state index contributed by atoms with van der Waals surface area (Å²) < 4.78 is 1.87. The first-order chi connectivity index (χ1) is 18.3. The molecule has 3 heterocycles. The van der Waals surface area contributed by atoms with Gasteiger partial charge < -0.3 is 20.9 Å². The van der Waals surface area contributed by atoms with Crippen molar-refractivity contribution in [2.24, 2.45) is 0 Å². The molecule has 1 aromatic carbocycles. The zero-order valence-electron chi connectivity index (χ0n) is 20.2. The molecule has 0 aliphatic heterocycles. The lowest BCUT2D eigenvalue weighted by Crippen LogP contribution is -2.28. The van der Waals surface area contributed by atoms with Gasteiger partial charge in [-0.1, -0.05) is 35.3 Å². The fourth-order valence-electron chi connectivity index (χ4n) is 3.97. The van der Waals surface area contributed by atoms with E-state index in [1.165, 1.54) is 12.1 Å². The van der Waals surface area contributed by atoms with Gasteiger partial charge in [0.2, 0.25) is 5.82 Å². The first-order valence-electron chi connectivity index (χ1n) is 11.8. The van der Waals surface area contributed by atoms with Crippen LogP contribution in [0.1, 0.15) is 22.5 Å². The molecule has 0 bridgehead atoms. The van der Waals surface area contributed by atoms with Crippen LogP contribution in [-0.2, 0) is 13.0 Å². The van der Waals surface area contributed by atoms with Crippen LogP contribution in [-0.4, -0.2) is 38.5 Å². The number of halogens is 2. The molecular weight excluding hydrogens is 529 g/mol. The van der Waals surface area contributed by atoms with Crippen molar-refractivity contribution < 1.29 is 9.72 Å². The Bertz CT molecular complexity index is 1440. The van der Waals surface area contributed by atoms with Crippen molar-refractivity contribution in [3.8, 4) is 11.1 Å². The summed E-state index contributed by atoms with van der Waals surface area (Å²) in [6, 6.07) is 13.7. The molecule has 0 saturated heterocycles. The number of aromatic nitrogens is 3. The third-order valence-corrected chi connectivity index (χ3v) is 6.35. The highest BCUT2D eigenvalue weighted by atomic mass is 35.5. The highest BCUT2D eigenvalue weighted by Gasteiger charge is 2.20. The number of rotatable bonds is 11. The number of nitrogen functional groups attached to an aromatic ring is 1. The number of nitrogens with two attached hydrogens (primary N) is 1. The lowest BCUT2D eigenvalue weighted by Gasteiger charge is -2.14. The molecule has 4 N–H and O–H groups in total. The van der Waals surface area contributed by atoms with Crippen molar-refractivity contribution in [1.29, 1.82) is 0 Å². The number of carbonyl (C=O) groups excluding carboxylic acids is 1. The number of pyridine rings is 2. The van der Waals surface area contributed by atoms with Gasteiger partial charge in [-0.25, -0.2) is 4.98 Å². The molecule has 0 spiro atoms. The molecular formula is C26H25Cl2N7O3. The number of carbonyl (C=O) groups is 1. The lowest BCUT2D eigenvalue weighted by molar-refractivity contribution is -0.384. The molecule has 4 aromatic rings. The average Bonchev–Trinajstić information content (AvgIpc) is 3.30. The molecule has 196 valence electrons. The molecule has 0 radical (unpaired) electrons. The number of hydrogen-bond donors (Lipinski definition) is 3. The van der Waals surface area contributed by atoms with E-state index in [0.717, 1.165) is 5.56 Å². The van der Waals surface area contributed by atoms with Crippen molar-refractivity contribution in [3.05, 3.63) is 98.5 Å². The second-order valence-electron chi connectivity index (χ2n) is 8.40. The number of amides is 1. The zero-order valence-corrected chi connectivity index (χ0v) is 21.7. The van der Waals surface area contributed by atoms with Crippen molar-refractivity contribution in [3.63, 3.8) is 0 Å². The Morgan fingerprint density at radius 1 is 1.11 bits per heavy atom. The van der Waals surface area contributed by atoms with Crippen LogP contribution in [0.2, 0.25) is 10.0 Å². The van der Waals surface area contributed by atoms with Crippen molar-refractivity contribution >= 4 is 46.4 Å². The Kier molecular flexibility index (Phi) is 8.77. The largest absolute Gasteiger partial charge is 0.378 e. The average molecular weight is 554 g/mol. The fraction of sp³-hybridized carbons (Fsp3) is 0.192. The van der Waals surface area contributed by atoms with Gasteiger partial charge in [0, 0.05) is 65.5 Å². The van der Waals surface area contributed by atoms with Crippen LogP contribution in [0.4, 0.5) is 17.3 Å². The van der Waals surface area contributed by atoms with Crippen LogP contribution in [0.5, 0.6) is 0 Å². The van der Waals surface area contributed by atoms with Gasteiger partial charge in [-0.15, -0.1) is 0 Å². The van der Waals surface area contributed by atoms with Gasteiger partial charge in [-0.2, -0.15) is 0 Å². The summed E-state index contributed by atoms with van der Waals surface area (Å²) >= 11 is 12.6. The summed E-state index contributed by atoms with van der Waals surface area (Å²) in [4.78, 5) is 31.8. The summed E-state index contributed by atoms with van der Waals surface area (Å²) in [6.07, 6.45) is 6.61. The highest BCUT2D eigenvalue weighted by molar-refractivity contribution is 6.36. The maximum atomic E-state index is 13.4. The first kappa shape index (κ1) is 26.9. The van der Waals surface area contributed by atoms with E-state index in [-0.39, 0.29) is 17.4 Å². The second-order valence-corrected chi connectivity index (χ2v) is 9.24. The monoisotopic (exact) mass is 553 g/mol. The third-order valence-electron chi connectivity index (χ3n) is 5.80. The summed E-state index contributed by atoms with van der Waals surface area (Å²) in [5.41, 5.74) is 8.33. The molecule has 10 nitrogen and oxygen atoms in total. The first-order valence-corrected chi connectivity index (χ1v) is 12.6. The SMILES string of the molecule is Nc1nc(NCCCn2ccc(-c3ccc(Cl)cc3Cl)c2C(=O)NCCc2cccnc2)ccc1[N+](=O)[O-]. The number of benzene rings is 1. The van der Waals surface area contributed by atoms with Crippen molar-refractivity contribution in [2.45, 2.75) is 19.4 Å². The van der Waals surface area contributed by atoms with Gasteiger partial charge in [0.1, 0.15) is 11.5 Å². The van der Waals surface area contributed by atoms with Gasteiger partial charge in [0.15, 0.2) is 0 Å². The normalized spacial score (nSPS) is 10.8. The summed E-state index contributed by atoms with van der Waals surface area (Å²) in [6.45, 7) is 1.46. The quantitative estimate of drug-likeness (QED) is 0.131. The number of nitro groups is 1. The minimum atomic E-state index is -0.577. The van der Waals surface area contributed by atoms with E-state index in [1.54, 1.807) is 30.6 Å². The molecule has 0 aliphatic carbocycles. The van der Waals surface area contributed by atoms with E-state index in [2.05, 4.69) is 20.6 Å². The highest BCUT2D eigenvalue weighted by Crippen LogP contribution is 2.33. The van der Waals surface area contributed by atoms with Gasteiger partial charge >= 0.3 is 5.69 Å². The Balaban J connectivity index is 1.47. The Morgan fingerprint density at radius 3 is 2.66 bits per heavy atom. The standard InChI is InChI=1S/C26H25Cl2N7O3/c27-18-4-5-19(21(28)15-18)20-9-14-34(24(20)26(36)32-12-8-17-3-1-10-30-16-17)13-2-11-31-23-7-6-22(35(37)38)25(29)33-23/h1,3-7,9-10,14-16H,2,8,11-13H2,(H,32,36)(H3,29,31,33). The van der Waals surface area contributed by atoms with Crippen molar-refractivity contribution in [1.82, 2.24) is 19.9 Å². The minimum Gasteiger partial charge on any atom is -0.378 e. The predicted molar refractivity (Wildman–Crippen MR) is 149 cm³/mol. The van der Waals surface area contributed by atoms with Crippen LogP contribution >= 0.6 is 23.2 Å². The summed E-state index contributed by atoms with van der Waals surface area (Å²) in [5, 5.41) is 18.0. The minimum absolute atomic E-state index is 0.153. The molecule has 0 fully saturated rings. The number of nitrogens with one attached hydrogen (secondary N) is 2. The molecule has 12 heteroatoms. The van der Waals surface area contributed by atoms with Gasteiger partial charge in [-0.3, -0.25) is 19.9 Å². The topological polar surface area (TPSA) is 141 Å². The molecule has 0 aliphatic rings. The number of hydrogen-bond acceptors (Lipinski definition) is 7. The third kappa shape index (κ3) is 6.58. The predicted octanol–water partition coefficient (Wildman–Crippen LogP) is 5.22. The van der Waals surface area contributed by atoms with E-state index in [0.29, 0.717) is 65.2 Å². The van der Waals surface area contributed by atoms with Crippen LogP contribution in [0.15, 0.2) is 67.1 Å². The van der Waals surface area contributed by atoms with Crippen LogP contribution in [0.3, 0.4) is 0 Å². The van der Waals surface area contributed by atoms with Crippen LogP contribution in [0.25, 0.3) is 11.1 Å². The van der Waals surface area contributed by atoms with Gasteiger partial charge in [-0.05, 0) is 48.7 Å². The van der Waals surface area contributed by atoms with Gasteiger partial charge in [0.25, 0.3) is 5.91 Å². The summed E-state index contributed by atoms with van der Waals surface area (Å²) in [7, 11) is 0. The zero-order chi connectivity index (χ0) is 27.1. The van der Waals surface area contributed by atoms with Gasteiger partial charge in [0.05, 0.1) is 4.92 Å². The maximum absolute atomic E-state index is 13.4.